The van der Waals surface area contributed by atoms with Crippen LogP contribution < -0.4 is 4.90 Å². The van der Waals surface area contributed by atoms with E-state index in [4.69, 9.17) is 0 Å². The second-order valence-corrected chi connectivity index (χ2v) is 6.24. The molecule has 142 valence electrons. The van der Waals surface area contributed by atoms with Crippen LogP contribution in [0.2, 0.25) is 0 Å². The van der Waals surface area contributed by atoms with Crippen molar-refractivity contribution in [2.24, 2.45) is 0 Å². The molecule has 3 heterocycles. The van der Waals surface area contributed by atoms with Crippen molar-refractivity contribution in [3.05, 3.63) is 48.0 Å². The summed E-state index contributed by atoms with van der Waals surface area (Å²) in [5.74, 6) is 0.440. The standard InChI is InChI=1S/C19H24N6O2/c1-3-23(4-2)17(26)15-6-9-20-16(14-15)18(27)24-10-12-25(13-11-24)19-21-7-5-8-22-19/h5-9,14H,3-4,10-13H2,1-2H3. The highest BCUT2D eigenvalue weighted by atomic mass is 16.2. The highest BCUT2D eigenvalue weighted by Gasteiger charge is 2.25. The molecule has 1 aliphatic heterocycles. The molecule has 8 heteroatoms. The maximum absolute atomic E-state index is 12.8. The molecule has 0 unspecified atom stereocenters. The molecular formula is C19H24N6O2. The van der Waals surface area contributed by atoms with Gasteiger partial charge in [-0.15, -0.1) is 0 Å². The van der Waals surface area contributed by atoms with Gasteiger partial charge in [-0.2, -0.15) is 0 Å². The van der Waals surface area contributed by atoms with Gasteiger partial charge in [0.05, 0.1) is 0 Å². The average molecular weight is 368 g/mol. The second-order valence-electron chi connectivity index (χ2n) is 6.24. The van der Waals surface area contributed by atoms with Crippen LogP contribution >= 0.6 is 0 Å². The third-order valence-corrected chi connectivity index (χ3v) is 4.68. The van der Waals surface area contributed by atoms with Crippen molar-refractivity contribution in [3.63, 3.8) is 0 Å². The fourth-order valence-electron chi connectivity index (χ4n) is 3.10. The number of amides is 2. The Morgan fingerprint density at radius 2 is 1.67 bits per heavy atom. The molecule has 2 aromatic heterocycles. The lowest BCUT2D eigenvalue weighted by atomic mass is 10.1. The van der Waals surface area contributed by atoms with Gasteiger partial charge in [0, 0.05) is 63.4 Å². The first kappa shape index (κ1) is 18.8. The Morgan fingerprint density at radius 3 is 2.30 bits per heavy atom. The minimum Gasteiger partial charge on any atom is -0.339 e. The number of nitrogens with zero attached hydrogens (tertiary/aromatic N) is 6. The molecule has 1 aliphatic rings. The molecule has 0 bridgehead atoms. The molecule has 1 saturated heterocycles. The molecule has 1 fully saturated rings. The van der Waals surface area contributed by atoms with Crippen molar-refractivity contribution in [2.75, 3.05) is 44.2 Å². The minimum atomic E-state index is -0.155. The molecule has 8 nitrogen and oxygen atoms in total. The lowest BCUT2D eigenvalue weighted by molar-refractivity contribution is 0.0740. The Kier molecular flexibility index (Phi) is 5.95. The summed E-state index contributed by atoms with van der Waals surface area (Å²) in [4.78, 5) is 43.5. The van der Waals surface area contributed by atoms with Gasteiger partial charge in [0.1, 0.15) is 5.69 Å². The van der Waals surface area contributed by atoms with Crippen molar-refractivity contribution in [1.29, 1.82) is 0 Å². The third kappa shape index (κ3) is 4.21. The van der Waals surface area contributed by atoms with E-state index in [2.05, 4.69) is 19.9 Å². The summed E-state index contributed by atoms with van der Waals surface area (Å²) in [6.45, 7) is 7.58. The van der Waals surface area contributed by atoms with E-state index in [1.807, 2.05) is 13.8 Å². The normalized spacial score (nSPS) is 14.1. The molecule has 0 atom stereocenters. The molecule has 0 saturated carbocycles. The first-order chi connectivity index (χ1) is 13.1. The molecule has 0 radical (unpaired) electrons. The van der Waals surface area contributed by atoms with Crippen LogP contribution in [0, 0.1) is 0 Å². The van der Waals surface area contributed by atoms with Gasteiger partial charge >= 0.3 is 0 Å². The fraction of sp³-hybridized carbons (Fsp3) is 0.421. The van der Waals surface area contributed by atoms with E-state index in [0.717, 1.165) is 0 Å². The van der Waals surface area contributed by atoms with Gasteiger partial charge in [0.15, 0.2) is 0 Å². The number of rotatable bonds is 5. The molecule has 0 aromatic carbocycles. The molecular weight excluding hydrogens is 344 g/mol. The smallest absolute Gasteiger partial charge is 0.272 e. The van der Waals surface area contributed by atoms with Crippen molar-refractivity contribution in [3.8, 4) is 0 Å². The van der Waals surface area contributed by atoms with Crippen LogP contribution in [-0.4, -0.2) is 75.8 Å². The summed E-state index contributed by atoms with van der Waals surface area (Å²) in [5, 5.41) is 0. The fourth-order valence-corrected chi connectivity index (χ4v) is 3.10. The van der Waals surface area contributed by atoms with Gasteiger partial charge in [-0.1, -0.05) is 0 Å². The predicted octanol–water partition coefficient (Wildman–Crippen LogP) is 1.32. The van der Waals surface area contributed by atoms with Crippen molar-refractivity contribution < 1.29 is 9.59 Å². The summed E-state index contributed by atoms with van der Waals surface area (Å²) in [6, 6.07) is 5.03. The van der Waals surface area contributed by atoms with E-state index < -0.39 is 0 Å². The van der Waals surface area contributed by atoms with Gasteiger partial charge in [0.2, 0.25) is 5.95 Å². The quantitative estimate of drug-likeness (QED) is 0.792. The maximum atomic E-state index is 12.8. The highest BCUT2D eigenvalue weighted by Crippen LogP contribution is 2.13. The van der Waals surface area contributed by atoms with Gasteiger partial charge in [-0.25, -0.2) is 9.97 Å². The van der Waals surface area contributed by atoms with Crippen molar-refractivity contribution in [2.45, 2.75) is 13.8 Å². The zero-order valence-corrected chi connectivity index (χ0v) is 15.7. The number of aromatic nitrogens is 3. The number of carbonyl (C=O) groups excluding carboxylic acids is 2. The first-order valence-electron chi connectivity index (χ1n) is 9.20. The molecule has 0 N–H and O–H groups in total. The lowest BCUT2D eigenvalue weighted by Gasteiger charge is -2.34. The number of carbonyl (C=O) groups is 2. The Bertz CT molecular complexity index is 786. The summed E-state index contributed by atoms with van der Waals surface area (Å²) < 4.78 is 0. The monoisotopic (exact) mass is 368 g/mol. The van der Waals surface area contributed by atoms with E-state index in [1.165, 1.54) is 6.20 Å². The first-order valence-corrected chi connectivity index (χ1v) is 9.20. The van der Waals surface area contributed by atoms with E-state index in [0.29, 0.717) is 56.5 Å². The largest absolute Gasteiger partial charge is 0.339 e. The summed E-state index contributed by atoms with van der Waals surface area (Å²) in [7, 11) is 0. The second kappa shape index (κ2) is 8.57. The molecule has 0 spiro atoms. The Morgan fingerprint density at radius 1 is 1.00 bits per heavy atom. The van der Waals surface area contributed by atoms with Gasteiger partial charge < -0.3 is 14.7 Å². The van der Waals surface area contributed by atoms with E-state index in [1.54, 1.807) is 40.4 Å². The van der Waals surface area contributed by atoms with Crippen LogP contribution in [0.1, 0.15) is 34.7 Å². The van der Waals surface area contributed by atoms with Gasteiger partial charge in [-0.3, -0.25) is 14.6 Å². The maximum Gasteiger partial charge on any atom is 0.272 e. The molecule has 27 heavy (non-hydrogen) atoms. The zero-order valence-electron chi connectivity index (χ0n) is 15.7. The highest BCUT2D eigenvalue weighted by molar-refractivity contribution is 5.98. The van der Waals surface area contributed by atoms with Crippen LogP contribution in [0.5, 0.6) is 0 Å². The Labute approximate surface area is 158 Å². The lowest BCUT2D eigenvalue weighted by Crippen LogP contribution is -2.49. The van der Waals surface area contributed by atoms with Crippen LogP contribution in [0.4, 0.5) is 5.95 Å². The van der Waals surface area contributed by atoms with E-state index >= 15 is 0 Å². The molecule has 2 aromatic rings. The van der Waals surface area contributed by atoms with Gasteiger partial charge in [-0.05, 0) is 32.0 Å². The van der Waals surface area contributed by atoms with Crippen LogP contribution in [0.15, 0.2) is 36.8 Å². The van der Waals surface area contributed by atoms with E-state index in [-0.39, 0.29) is 11.8 Å². The van der Waals surface area contributed by atoms with Crippen LogP contribution in [0.3, 0.4) is 0 Å². The summed E-state index contributed by atoms with van der Waals surface area (Å²) in [5.41, 5.74) is 0.797. The Balaban J connectivity index is 1.67. The van der Waals surface area contributed by atoms with Crippen molar-refractivity contribution in [1.82, 2.24) is 24.8 Å². The Hall–Kier alpha value is -3.03. The predicted molar refractivity (Wildman–Crippen MR) is 102 cm³/mol. The number of anilines is 1. The number of piperazine rings is 1. The van der Waals surface area contributed by atoms with E-state index in [9.17, 15) is 9.59 Å². The minimum absolute atomic E-state index is 0.0810. The third-order valence-electron chi connectivity index (χ3n) is 4.68. The molecule has 0 aliphatic carbocycles. The number of hydrogen-bond donors (Lipinski definition) is 0. The number of hydrogen-bond acceptors (Lipinski definition) is 6. The molecule has 2 amide bonds. The summed E-state index contributed by atoms with van der Waals surface area (Å²) >= 11 is 0. The average Bonchev–Trinajstić information content (AvgIpc) is 2.75. The van der Waals surface area contributed by atoms with Crippen LogP contribution in [0.25, 0.3) is 0 Å². The SMILES string of the molecule is CCN(CC)C(=O)c1ccnc(C(=O)N2CCN(c3ncccn3)CC2)c1. The van der Waals surface area contributed by atoms with Gasteiger partial charge in [0.25, 0.3) is 11.8 Å². The van der Waals surface area contributed by atoms with Crippen LogP contribution in [-0.2, 0) is 0 Å². The summed E-state index contributed by atoms with van der Waals surface area (Å²) in [6.07, 6.45) is 4.95. The zero-order chi connectivity index (χ0) is 19.2. The van der Waals surface area contributed by atoms with Crippen molar-refractivity contribution >= 4 is 17.8 Å². The molecule has 3 rings (SSSR count). The number of pyridine rings is 1. The topological polar surface area (TPSA) is 82.5 Å².